The van der Waals surface area contributed by atoms with Crippen molar-refractivity contribution in [2.24, 2.45) is 0 Å². The minimum Gasteiger partial charge on any atom is -0.463 e. The average Bonchev–Trinajstić information content (AvgIpc) is 2.88. The number of thiophene rings is 1. The number of hydrogen-bond acceptors (Lipinski definition) is 5. The molecule has 0 fully saturated rings. The van der Waals surface area contributed by atoms with Crippen LogP contribution < -0.4 is 10.1 Å². The van der Waals surface area contributed by atoms with Gasteiger partial charge in [0.1, 0.15) is 0 Å². The number of nitrogens with zero attached hydrogens (tertiary/aromatic N) is 2. The van der Waals surface area contributed by atoms with E-state index < -0.39 is 0 Å². The van der Waals surface area contributed by atoms with Crippen LogP contribution in [0.3, 0.4) is 0 Å². The lowest BCUT2D eigenvalue weighted by Crippen LogP contribution is -2.11. The number of aryl methyl sites for hydroxylation is 2. The molecule has 0 spiro atoms. The van der Waals surface area contributed by atoms with E-state index in [-0.39, 0.29) is 17.9 Å². The molecule has 0 aliphatic rings. The average molecular weight is 266 g/mol. The van der Waals surface area contributed by atoms with Crippen LogP contribution in [-0.4, -0.2) is 27.7 Å². The second-order valence-electron chi connectivity index (χ2n) is 3.70. The van der Waals surface area contributed by atoms with Gasteiger partial charge in [-0.2, -0.15) is 4.98 Å². The second kappa shape index (κ2) is 5.18. The van der Waals surface area contributed by atoms with Crippen LogP contribution in [0.1, 0.15) is 27.0 Å². The molecular formula is C11H14N4O2S. The fourth-order valence-electron chi connectivity index (χ4n) is 1.35. The van der Waals surface area contributed by atoms with Crippen molar-refractivity contribution in [1.29, 1.82) is 0 Å². The van der Waals surface area contributed by atoms with Gasteiger partial charge in [-0.15, -0.1) is 16.4 Å². The Labute approximate surface area is 108 Å². The molecule has 2 aromatic heterocycles. The molecule has 0 aliphatic heterocycles. The van der Waals surface area contributed by atoms with Crippen LogP contribution in [0, 0.1) is 13.8 Å². The molecule has 2 rings (SSSR count). The quantitative estimate of drug-likeness (QED) is 0.888. The molecule has 2 heterocycles. The summed E-state index contributed by atoms with van der Waals surface area (Å²) in [5.41, 5.74) is 1.11. The molecule has 96 valence electrons. The van der Waals surface area contributed by atoms with Gasteiger partial charge in [0, 0.05) is 4.88 Å². The molecule has 0 unspecified atom stereocenters. The van der Waals surface area contributed by atoms with Gasteiger partial charge in [-0.1, -0.05) is 0 Å². The minimum atomic E-state index is -0.199. The molecule has 6 nitrogen and oxygen atoms in total. The third-order valence-corrected chi connectivity index (χ3v) is 3.51. The maximum absolute atomic E-state index is 11.9. The number of amides is 1. The number of nitrogens with one attached hydrogen (secondary N) is 2. The zero-order chi connectivity index (χ0) is 13.1. The van der Waals surface area contributed by atoms with E-state index in [0.717, 1.165) is 10.4 Å². The van der Waals surface area contributed by atoms with Gasteiger partial charge in [0.2, 0.25) is 5.95 Å². The Bertz CT molecular complexity index is 542. The zero-order valence-electron chi connectivity index (χ0n) is 10.4. The summed E-state index contributed by atoms with van der Waals surface area (Å²) < 4.78 is 5.09. The number of aromatic amines is 1. The lowest BCUT2D eigenvalue weighted by atomic mass is 10.3. The van der Waals surface area contributed by atoms with E-state index in [2.05, 4.69) is 20.5 Å². The molecule has 2 N–H and O–H groups in total. The summed E-state index contributed by atoms with van der Waals surface area (Å²) in [6, 6.07) is 2.08. The molecule has 0 aromatic carbocycles. The number of carbonyl (C=O) groups is 1. The molecule has 7 heteroatoms. The van der Waals surface area contributed by atoms with Crippen LogP contribution in [-0.2, 0) is 0 Å². The predicted octanol–water partition coefficient (Wildman–Crippen LogP) is 2.13. The molecule has 0 saturated heterocycles. The van der Waals surface area contributed by atoms with Crippen molar-refractivity contribution in [3.63, 3.8) is 0 Å². The Kier molecular flexibility index (Phi) is 3.61. The summed E-state index contributed by atoms with van der Waals surface area (Å²) in [5, 5.41) is 9.04. The van der Waals surface area contributed by atoms with E-state index in [0.29, 0.717) is 11.5 Å². The fraction of sp³-hybridized carbons (Fsp3) is 0.364. The number of aromatic nitrogens is 3. The van der Waals surface area contributed by atoms with Crippen molar-refractivity contribution in [3.05, 3.63) is 21.4 Å². The van der Waals surface area contributed by atoms with E-state index in [1.807, 2.05) is 26.8 Å². The lowest BCUT2D eigenvalue weighted by molar-refractivity contribution is 0.102. The van der Waals surface area contributed by atoms with Crippen molar-refractivity contribution in [2.45, 2.75) is 20.8 Å². The van der Waals surface area contributed by atoms with Gasteiger partial charge in [-0.25, -0.2) is 5.10 Å². The highest BCUT2D eigenvalue weighted by atomic mass is 32.1. The fourth-order valence-corrected chi connectivity index (χ4v) is 2.28. The SMILES string of the molecule is CCOc1n[nH]c(NC(=O)c2cc(C)c(C)s2)n1. The smallest absolute Gasteiger partial charge is 0.337 e. The van der Waals surface area contributed by atoms with Gasteiger partial charge < -0.3 is 4.74 Å². The molecule has 18 heavy (non-hydrogen) atoms. The molecule has 0 atom stereocenters. The van der Waals surface area contributed by atoms with Crippen molar-refractivity contribution >= 4 is 23.2 Å². The monoisotopic (exact) mass is 266 g/mol. The summed E-state index contributed by atoms with van der Waals surface area (Å²) in [4.78, 5) is 17.7. The molecular weight excluding hydrogens is 252 g/mol. The standard InChI is InChI=1S/C11H14N4O2S/c1-4-17-11-13-10(14-15-11)12-9(16)8-5-6(2)7(3)18-8/h5H,4H2,1-3H3,(H2,12,13,14,15,16). The second-order valence-corrected chi connectivity index (χ2v) is 4.96. The lowest BCUT2D eigenvalue weighted by Gasteiger charge is -1.97. The Morgan fingerprint density at radius 3 is 2.94 bits per heavy atom. The maximum Gasteiger partial charge on any atom is 0.337 e. The van der Waals surface area contributed by atoms with Gasteiger partial charge >= 0.3 is 6.01 Å². The first-order valence-electron chi connectivity index (χ1n) is 5.53. The highest BCUT2D eigenvalue weighted by Gasteiger charge is 2.13. The van der Waals surface area contributed by atoms with Gasteiger partial charge in [0.25, 0.3) is 5.91 Å². The largest absolute Gasteiger partial charge is 0.463 e. The van der Waals surface area contributed by atoms with E-state index in [1.165, 1.54) is 11.3 Å². The predicted molar refractivity (Wildman–Crippen MR) is 69.3 cm³/mol. The highest BCUT2D eigenvalue weighted by Crippen LogP contribution is 2.21. The molecule has 0 aliphatic carbocycles. The van der Waals surface area contributed by atoms with Crippen LogP contribution in [0.4, 0.5) is 5.95 Å². The van der Waals surface area contributed by atoms with E-state index in [1.54, 1.807) is 0 Å². The molecule has 0 saturated carbocycles. The first kappa shape index (κ1) is 12.6. The van der Waals surface area contributed by atoms with E-state index in [9.17, 15) is 4.79 Å². The summed E-state index contributed by atoms with van der Waals surface area (Å²) in [5.74, 6) is 0.0857. The summed E-state index contributed by atoms with van der Waals surface area (Å²) in [6.07, 6.45) is 0. The van der Waals surface area contributed by atoms with Crippen molar-refractivity contribution in [3.8, 4) is 6.01 Å². The van der Waals surface area contributed by atoms with Gasteiger partial charge in [0.05, 0.1) is 11.5 Å². The minimum absolute atomic E-state index is 0.199. The van der Waals surface area contributed by atoms with Crippen molar-refractivity contribution in [1.82, 2.24) is 15.2 Å². The molecule has 1 amide bonds. The Morgan fingerprint density at radius 1 is 1.56 bits per heavy atom. The molecule has 0 bridgehead atoms. The number of H-pyrrole nitrogens is 1. The van der Waals surface area contributed by atoms with Crippen molar-refractivity contribution in [2.75, 3.05) is 11.9 Å². The Balaban J connectivity index is 2.06. The van der Waals surface area contributed by atoms with Crippen LogP contribution in [0.25, 0.3) is 0 Å². The van der Waals surface area contributed by atoms with E-state index >= 15 is 0 Å². The van der Waals surface area contributed by atoms with Gasteiger partial charge in [-0.3, -0.25) is 10.1 Å². The van der Waals surface area contributed by atoms with Crippen LogP contribution >= 0.6 is 11.3 Å². The van der Waals surface area contributed by atoms with Crippen LogP contribution in [0.2, 0.25) is 0 Å². The Morgan fingerprint density at radius 2 is 2.33 bits per heavy atom. The summed E-state index contributed by atoms with van der Waals surface area (Å²) in [7, 11) is 0. The Hall–Kier alpha value is -1.89. The first-order valence-corrected chi connectivity index (χ1v) is 6.35. The number of hydrogen-bond donors (Lipinski definition) is 2. The van der Waals surface area contributed by atoms with Crippen LogP contribution in [0.5, 0.6) is 6.01 Å². The third kappa shape index (κ3) is 2.67. The number of ether oxygens (including phenoxy) is 1. The first-order chi connectivity index (χ1) is 8.60. The normalized spacial score (nSPS) is 10.4. The van der Waals surface area contributed by atoms with Crippen LogP contribution in [0.15, 0.2) is 6.07 Å². The zero-order valence-corrected chi connectivity index (χ0v) is 11.2. The maximum atomic E-state index is 11.9. The summed E-state index contributed by atoms with van der Waals surface area (Å²) in [6.45, 7) is 6.28. The van der Waals surface area contributed by atoms with Crippen molar-refractivity contribution < 1.29 is 9.53 Å². The highest BCUT2D eigenvalue weighted by molar-refractivity contribution is 7.14. The summed E-state index contributed by atoms with van der Waals surface area (Å²) >= 11 is 1.45. The van der Waals surface area contributed by atoms with Gasteiger partial charge in [0.15, 0.2) is 0 Å². The molecule has 0 radical (unpaired) electrons. The van der Waals surface area contributed by atoms with E-state index in [4.69, 9.17) is 4.74 Å². The van der Waals surface area contributed by atoms with Gasteiger partial charge in [-0.05, 0) is 32.4 Å². The topological polar surface area (TPSA) is 79.9 Å². The number of anilines is 1. The molecule has 2 aromatic rings. The third-order valence-electron chi connectivity index (χ3n) is 2.36. The number of rotatable bonds is 4. The number of carbonyl (C=O) groups excluding carboxylic acids is 1.